The van der Waals surface area contributed by atoms with Crippen molar-refractivity contribution in [3.63, 3.8) is 0 Å². The van der Waals surface area contributed by atoms with Gasteiger partial charge in [0.25, 0.3) is 0 Å². The molecule has 6 heteroatoms. The maximum Gasteiger partial charge on any atom is 0.223 e. The summed E-state index contributed by atoms with van der Waals surface area (Å²) < 4.78 is 0. The Balaban J connectivity index is 3.28. The van der Waals surface area contributed by atoms with E-state index in [9.17, 15) is 9.59 Å². The van der Waals surface area contributed by atoms with Gasteiger partial charge in [0.2, 0.25) is 11.6 Å². The molecule has 0 atom stereocenters. The van der Waals surface area contributed by atoms with E-state index in [0.29, 0.717) is 13.1 Å². The van der Waals surface area contributed by atoms with Crippen molar-refractivity contribution >= 4 is 46.4 Å². The van der Waals surface area contributed by atoms with Crippen molar-refractivity contribution in [3.05, 3.63) is 20.8 Å². The zero-order valence-electron chi connectivity index (χ0n) is 8.81. The average Bonchev–Trinajstić information content (AvgIpc) is 2.29. The minimum atomic E-state index is -0.602. The number of nitrogens with zero attached hydrogens (tertiary/aromatic N) is 1. The Hall–Kier alpha value is -0.510. The van der Waals surface area contributed by atoms with Crippen LogP contribution >= 0.6 is 34.8 Å². The summed E-state index contributed by atoms with van der Waals surface area (Å²) >= 11 is 17.1. The Morgan fingerprint density at radius 1 is 0.875 bits per heavy atom. The first kappa shape index (κ1) is 13.6. The fourth-order valence-electron chi connectivity index (χ4n) is 1.43. The lowest BCUT2D eigenvalue weighted by atomic mass is 10.1. The number of rotatable bonds is 3. The SMILES string of the molecule is CCN(CC)C1=C(Cl)C(=O)C(Cl)=C(Cl)C1=O. The highest BCUT2D eigenvalue weighted by Crippen LogP contribution is 2.32. The summed E-state index contributed by atoms with van der Waals surface area (Å²) in [6.07, 6.45) is 0. The number of likely N-dealkylation sites (N-methyl/N-ethyl adjacent to an activating group) is 1. The molecule has 0 saturated heterocycles. The van der Waals surface area contributed by atoms with Gasteiger partial charge in [0.1, 0.15) is 20.8 Å². The molecule has 0 aliphatic heterocycles. The standard InChI is InChI=1S/C10H10Cl3NO2/c1-3-14(4-2)8-7(13)9(15)5(11)6(12)10(8)16/h3-4H2,1-2H3. The number of hydrogen-bond donors (Lipinski definition) is 0. The molecule has 0 amide bonds. The second kappa shape index (κ2) is 5.21. The maximum absolute atomic E-state index is 11.8. The molecule has 0 radical (unpaired) electrons. The summed E-state index contributed by atoms with van der Waals surface area (Å²) in [6, 6.07) is 0. The number of carbonyl (C=O) groups is 2. The highest BCUT2D eigenvalue weighted by molar-refractivity contribution is 6.64. The molecular weight excluding hydrogens is 272 g/mol. The van der Waals surface area contributed by atoms with E-state index in [0.717, 1.165) is 0 Å². The van der Waals surface area contributed by atoms with E-state index in [1.165, 1.54) is 0 Å². The lowest BCUT2D eigenvalue weighted by Crippen LogP contribution is -2.32. The number of carbonyl (C=O) groups excluding carboxylic acids is 2. The normalized spacial score (nSPS) is 17.3. The van der Waals surface area contributed by atoms with Gasteiger partial charge in [-0.3, -0.25) is 9.59 Å². The van der Waals surface area contributed by atoms with Crippen LogP contribution in [0.5, 0.6) is 0 Å². The summed E-state index contributed by atoms with van der Waals surface area (Å²) in [4.78, 5) is 25.1. The van der Waals surface area contributed by atoms with Crippen LogP contribution in [0.25, 0.3) is 0 Å². The number of ketones is 2. The van der Waals surface area contributed by atoms with Crippen molar-refractivity contribution in [1.29, 1.82) is 0 Å². The highest BCUT2D eigenvalue weighted by Gasteiger charge is 2.34. The fourth-order valence-corrected chi connectivity index (χ4v) is 2.13. The van der Waals surface area contributed by atoms with Crippen LogP contribution in [0.1, 0.15) is 13.8 Å². The van der Waals surface area contributed by atoms with E-state index >= 15 is 0 Å². The van der Waals surface area contributed by atoms with Gasteiger partial charge >= 0.3 is 0 Å². The fraction of sp³-hybridized carbons (Fsp3) is 0.400. The Morgan fingerprint density at radius 2 is 1.31 bits per heavy atom. The third kappa shape index (κ3) is 2.12. The first-order chi connectivity index (χ1) is 7.45. The molecule has 0 unspecified atom stereocenters. The van der Waals surface area contributed by atoms with Crippen LogP contribution in [-0.4, -0.2) is 29.6 Å². The summed E-state index contributed by atoms with van der Waals surface area (Å²) in [7, 11) is 0. The number of Topliss-reactive ketones (excluding diaryl/α,β-unsaturated/α-hetero) is 2. The zero-order chi connectivity index (χ0) is 12.5. The molecule has 0 aromatic rings. The molecule has 0 N–H and O–H groups in total. The number of hydrogen-bond acceptors (Lipinski definition) is 3. The minimum absolute atomic E-state index is 0.131. The monoisotopic (exact) mass is 281 g/mol. The molecule has 0 fully saturated rings. The smallest absolute Gasteiger partial charge is 0.223 e. The highest BCUT2D eigenvalue weighted by atomic mass is 35.5. The third-order valence-electron chi connectivity index (χ3n) is 2.29. The average molecular weight is 283 g/mol. The van der Waals surface area contributed by atoms with Crippen molar-refractivity contribution in [2.24, 2.45) is 0 Å². The molecule has 1 aliphatic rings. The number of allylic oxidation sites excluding steroid dienone is 3. The van der Waals surface area contributed by atoms with E-state index < -0.39 is 11.6 Å². The third-order valence-corrected chi connectivity index (χ3v) is 3.46. The largest absolute Gasteiger partial charge is 0.368 e. The van der Waals surface area contributed by atoms with Gasteiger partial charge in [-0.2, -0.15) is 0 Å². The second-order valence-electron chi connectivity index (χ2n) is 3.12. The topological polar surface area (TPSA) is 37.4 Å². The molecule has 16 heavy (non-hydrogen) atoms. The van der Waals surface area contributed by atoms with Crippen molar-refractivity contribution in [1.82, 2.24) is 4.90 Å². The van der Waals surface area contributed by atoms with Crippen LogP contribution in [0.3, 0.4) is 0 Å². The molecule has 0 aromatic heterocycles. The predicted molar refractivity (Wildman–Crippen MR) is 64.5 cm³/mol. The first-order valence-corrected chi connectivity index (χ1v) is 5.88. The van der Waals surface area contributed by atoms with Crippen LogP contribution in [0.4, 0.5) is 0 Å². The molecular formula is C10H10Cl3NO2. The van der Waals surface area contributed by atoms with Crippen LogP contribution in [-0.2, 0) is 9.59 Å². The van der Waals surface area contributed by atoms with Crippen molar-refractivity contribution in [2.75, 3.05) is 13.1 Å². The molecule has 0 saturated carbocycles. The predicted octanol–water partition coefficient (Wildman–Crippen LogP) is 2.62. The summed E-state index contributed by atoms with van der Waals surface area (Å²) in [6.45, 7) is 4.82. The molecule has 0 bridgehead atoms. The van der Waals surface area contributed by atoms with Crippen LogP contribution in [0.15, 0.2) is 20.8 Å². The Morgan fingerprint density at radius 3 is 1.75 bits per heavy atom. The molecule has 0 aromatic carbocycles. The molecule has 1 rings (SSSR count). The van der Waals surface area contributed by atoms with Crippen LogP contribution in [0, 0.1) is 0 Å². The van der Waals surface area contributed by atoms with E-state index in [4.69, 9.17) is 34.8 Å². The molecule has 0 spiro atoms. The van der Waals surface area contributed by atoms with Crippen molar-refractivity contribution in [2.45, 2.75) is 13.8 Å². The van der Waals surface area contributed by atoms with Gasteiger partial charge in [-0.25, -0.2) is 0 Å². The molecule has 1 aliphatic carbocycles. The Bertz CT molecular complexity index is 408. The summed E-state index contributed by atoms with van der Waals surface area (Å²) in [5.74, 6) is -1.10. The lowest BCUT2D eigenvalue weighted by molar-refractivity contribution is -0.116. The van der Waals surface area contributed by atoms with E-state index in [-0.39, 0.29) is 20.8 Å². The second-order valence-corrected chi connectivity index (χ2v) is 4.25. The van der Waals surface area contributed by atoms with E-state index in [1.54, 1.807) is 4.90 Å². The van der Waals surface area contributed by atoms with Gasteiger partial charge < -0.3 is 4.90 Å². The van der Waals surface area contributed by atoms with Gasteiger partial charge in [0.15, 0.2) is 0 Å². The van der Waals surface area contributed by atoms with Gasteiger partial charge in [0.05, 0.1) is 0 Å². The molecule has 0 heterocycles. The van der Waals surface area contributed by atoms with Gasteiger partial charge in [0, 0.05) is 13.1 Å². The number of halogens is 3. The molecule has 88 valence electrons. The quantitative estimate of drug-likeness (QED) is 0.747. The van der Waals surface area contributed by atoms with Gasteiger partial charge in [-0.1, -0.05) is 34.8 Å². The van der Waals surface area contributed by atoms with Crippen molar-refractivity contribution in [3.8, 4) is 0 Å². The van der Waals surface area contributed by atoms with Crippen LogP contribution < -0.4 is 0 Å². The summed E-state index contributed by atoms with van der Waals surface area (Å²) in [5, 5.41) is -0.742. The molecule has 3 nitrogen and oxygen atoms in total. The Kier molecular flexibility index (Phi) is 4.42. The maximum atomic E-state index is 11.8. The van der Waals surface area contributed by atoms with E-state index in [2.05, 4.69) is 0 Å². The minimum Gasteiger partial charge on any atom is -0.368 e. The van der Waals surface area contributed by atoms with E-state index in [1.807, 2.05) is 13.8 Å². The van der Waals surface area contributed by atoms with Gasteiger partial charge in [-0.05, 0) is 13.8 Å². The summed E-state index contributed by atoms with van der Waals surface area (Å²) in [5.41, 5.74) is 0.131. The first-order valence-electron chi connectivity index (χ1n) is 4.75. The zero-order valence-corrected chi connectivity index (χ0v) is 11.1. The van der Waals surface area contributed by atoms with Crippen LogP contribution in [0.2, 0.25) is 0 Å². The lowest BCUT2D eigenvalue weighted by Gasteiger charge is -2.26. The Labute approximate surface area is 109 Å². The van der Waals surface area contributed by atoms with Gasteiger partial charge in [-0.15, -0.1) is 0 Å². The van der Waals surface area contributed by atoms with Crippen molar-refractivity contribution < 1.29 is 9.59 Å².